The van der Waals surface area contributed by atoms with Crippen LogP contribution in [-0.4, -0.2) is 37.1 Å². The second-order valence-corrected chi connectivity index (χ2v) is 9.80. The quantitative estimate of drug-likeness (QED) is 0.378. The Balaban J connectivity index is 2.17. The van der Waals surface area contributed by atoms with E-state index in [1.54, 1.807) is 20.8 Å². The summed E-state index contributed by atoms with van der Waals surface area (Å²) in [4.78, 5) is 34.8. The van der Waals surface area contributed by atoms with E-state index in [-0.39, 0.29) is 33.5 Å². The van der Waals surface area contributed by atoms with E-state index < -0.39 is 31.9 Å². The lowest BCUT2D eigenvalue weighted by atomic mass is 10.1. The number of ether oxygens (including phenoxy) is 1. The normalized spacial score (nSPS) is 11.3. The summed E-state index contributed by atoms with van der Waals surface area (Å²) in [6, 6.07) is 6.97. The predicted molar refractivity (Wildman–Crippen MR) is 108 cm³/mol. The Bertz CT molecular complexity index is 1020. The van der Waals surface area contributed by atoms with Gasteiger partial charge in [-0.1, -0.05) is 12.1 Å². The van der Waals surface area contributed by atoms with E-state index in [0.29, 0.717) is 16.9 Å². The molecule has 11 heteroatoms. The molecule has 0 spiro atoms. The van der Waals surface area contributed by atoms with Gasteiger partial charge in [-0.15, -0.1) is 0 Å². The lowest BCUT2D eigenvalue weighted by Gasteiger charge is -2.09. The van der Waals surface area contributed by atoms with Crippen molar-refractivity contribution in [2.75, 3.05) is 11.9 Å². The van der Waals surface area contributed by atoms with Crippen molar-refractivity contribution in [1.29, 1.82) is 0 Å². The van der Waals surface area contributed by atoms with Crippen LogP contribution in [0.2, 0.25) is 0 Å². The molecule has 0 aliphatic carbocycles. The van der Waals surface area contributed by atoms with Crippen LogP contribution in [0.3, 0.4) is 0 Å². The number of thiophene rings is 1. The summed E-state index contributed by atoms with van der Waals surface area (Å²) < 4.78 is 29.1. The van der Waals surface area contributed by atoms with Gasteiger partial charge in [-0.05, 0) is 49.8 Å². The number of nitro groups is 1. The van der Waals surface area contributed by atoms with Crippen LogP contribution in [0.1, 0.15) is 36.7 Å². The number of rotatable bonds is 8. The number of amides is 1. The van der Waals surface area contributed by atoms with Crippen LogP contribution in [0, 0.1) is 10.1 Å². The smallest absolute Gasteiger partial charge is 0.341 e. The number of benzene rings is 1. The van der Waals surface area contributed by atoms with E-state index >= 15 is 0 Å². The van der Waals surface area contributed by atoms with E-state index in [2.05, 4.69) is 5.32 Å². The number of anilines is 1. The van der Waals surface area contributed by atoms with Crippen LogP contribution in [0.5, 0.6) is 0 Å². The van der Waals surface area contributed by atoms with Gasteiger partial charge in [0.15, 0.2) is 9.84 Å². The van der Waals surface area contributed by atoms with Crippen LogP contribution in [0.25, 0.3) is 0 Å². The minimum Gasteiger partial charge on any atom is -0.462 e. The zero-order valence-electron chi connectivity index (χ0n) is 16.0. The Kier molecular flexibility index (Phi) is 7.09. The number of nitrogens with one attached hydrogen (secondary N) is 1. The zero-order chi connectivity index (χ0) is 21.8. The van der Waals surface area contributed by atoms with Crippen molar-refractivity contribution in [3.63, 3.8) is 0 Å². The Labute approximate surface area is 171 Å². The number of nitrogens with zero attached hydrogens (tertiary/aromatic N) is 1. The van der Waals surface area contributed by atoms with Crippen LogP contribution >= 0.6 is 11.3 Å². The summed E-state index contributed by atoms with van der Waals surface area (Å²) in [5.74, 6) is -1.28. The predicted octanol–water partition coefficient (Wildman–Crippen LogP) is 3.20. The molecular weight excluding hydrogens is 420 g/mol. The lowest BCUT2D eigenvalue weighted by Crippen LogP contribution is -2.16. The number of hydrogen-bond acceptors (Lipinski definition) is 8. The minimum absolute atomic E-state index is 0.0270. The van der Waals surface area contributed by atoms with Crippen molar-refractivity contribution >= 4 is 43.1 Å². The van der Waals surface area contributed by atoms with E-state index in [1.807, 2.05) is 0 Å². The van der Waals surface area contributed by atoms with Gasteiger partial charge in [0.2, 0.25) is 5.91 Å². The highest BCUT2D eigenvalue weighted by molar-refractivity contribution is 7.92. The molecule has 1 aromatic carbocycles. The summed E-state index contributed by atoms with van der Waals surface area (Å²) in [5.41, 5.74) is 0.462. The summed E-state index contributed by atoms with van der Waals surface area (Å²) >= 11 is 0.659. The molecule has 1 amide bonds. The molecule has 2 rings (SSSR count). The zero-order valence-corrected chi connectivity index (χ0v) is 17.6. The maximum Gasteiger partial charge on any atom is 0.341 e. The summed E-state index contributed by atoms with van der Waals surface area (Å²) in [6.45, 7) is 4.84. The van der Waals surface area contributed by atoms with Crippen molar-refractivity contribution in [3.05, 3.63) is 51.6 Å². The van der Waals surface area contributed by atoms with Gasteiger partial charge in [0.1, 0.15) is 10.6 Å². The Morgan fingerprint density at radius 3 is 2.38 bits per heavy atom. The van der Waals surface area contributed by atoms with Crippen molar-refractivity contribution in [3.8, 4) is 0 Å². The molecule has 1 N–H and O–H groups in total. The molecule has 0 saturated carbocycles. The third kappa shape index (κ3) is 5.39. The fraction of sp³-hybridized carbons (Fsp3) is 0.333. The van der Waals surface area contributed by atoms with Crippen LogP contribution in [0.15, 0.2) is 35.2 Å². The van der Waals surface area contributed by atoms with Gasteiger partial charge in [0, 0.05) is 6.07 Å². The molecule has 0 aliphatic heterocycles. The molecule has 0 fully saturated rings. The average molecular weight is 440 g/mol. The van der Waals surface area contributed by atoms with Gasteiger partial charge in [0.25, 0.3) is 0 Å². The number of carbonyl (C=O) groups excluding carboxylic acids is 2. The first-order valence-corrected chi connectivity index (χ1v) is 11.0. The van der Waals surface area contributed by atoms with Gasteiger partial charge in [0.05, 0.1) is 28.1 Å². The monoisotopic (exact) mass is 440 g/mol. The molecule has 9 nitrogen and oxygen atoms in total. The second kappa shape index (κ2) is 9.14. The molecule has 0 radical (unpaired) electrons. The molecule has 0 saturated heterocycles. The fourth-order valence-corrected chi connectivity index (χ4v) is 4.28. The molecule has 0 unspecified atom stereocenters. The Morgan fingerprint density at radius 1 is 1.24 bits per heavy atom. The molecular formula is C18H20N2O7S2. The maximum absolute atomic E-state index is 12.3. The fourth-order valence-electron chi connectivity index (χ4n) is 2.35. The van der Waals surface area contributed by atoms with Gasteiger partial charge in [-0.2, -0.15) is 0 Å². The molecule has 1 aromatic heterocycles. The minimum atomic E-state index is -3.41. The molecule has 0 aliphatic rings. The molecule has 0 bridgehead atoms. The van der Waals surface area contributed by atoms with Crippen molar-refractivity contribution in [1.82, 2.24) is 0 Å². The van der Waals surface area contributed by atoms with E-state index in [9.17, 15) is 28.1 Å². The third-order valence-electron chi connectivity index (χ3n) is 3.88. The highest BCUT2D eigenvalue weighted by atomic mass is 32.2. The topological polar surface area (TPSA) is 133 Å². The van der Waals surface area contributed by atoms with Gasteiger partial charge in [-0.3, -0.25) is 14.9 Å². The third-order valence-corrected chi connectivity index (χ3v) is 7.06. The van der Waals surface area contributed by atoms with Gasteiger partial charge in [-0.25, -0.2) is 13.2 Å². The Hall–Kier alpha value is -2.79. The van der Waals surface area contributed by atoms with Crippen molar-refractivity contribution in [2.24, 2.45) is 0 Å². The first-order valence-electron chi connectivity index (χ1n) is 8.64. The molecule has 29 heavy (non-hydrogen) atoms. The second-order valence-electron chi connectivity index (χ2n) is 6.27. The number of sulfone groups is 1. The van der Waals surface area contributed by atoms with Crippen molar-refractivity contribution in [2.45, 2.75) is 37.3 Å². The van der Waals surface area contributed by atoms with E-state index in [4.69, 9.17) is 4.74 Å². The molecule has 1 heterocycles. The average Bonchev–Trinajstić information content (AvgIpc) is 3.06. The maximum atomic E-state index is 12.3. The highest BCUT2D eigenvalue weighted by Crippen LogP contribution is 2.34. The standard InChI is InChI=1S/C18H20N2O7S2/c1-4-27-18(22)14-10-16(20(23)24)28-17(14)19-15(21)9-12-5-7-13(8-6-12)29(25,26)11(2)3/h5-8,10-11H,4,9H2,1-3H3,(H,19,21). The van der Waals surface area contributed by atoms with Crippen LogP contribution < -0.4 is 5.32 Å². The number of esters is 1. The van der Waals surface area contributed by atoms with Crippen LogP contribution in [0.4, 0.5) is 10.0 Å². The molecule has 156 valence electrons. The summed E-state index contributed by atoms with van der Waals surface area (Å²) in [5, 5.41) is 12.6. The first-order chi connectivity index (χ1) is 13.6. The van der Waals surface area contributed by atoms with Gasteiger partial charge < -0.3 is 10.1 Å². The molecule has 0 atom stereocenters. The van der Waals surface area contributed by atoms with Crippen LogP contribution in [-0.2, 0) is 25.8 Å². The summed E-state index contributed by atoms with van der Waals surface area (Å²) in [7, 11) is -3.41. The lowest BCUT2D eigenvalue weighted by molar-refractivity contribution is -0.380. The van der Waals surface area contributed by atoms with E-state index in [1.165, 1.54) is 24.3 Å². The van der Waals surface area contributed by atoms with Crippen molar-refractivity contribution < 1.29 is 27.7 Å². The summed E-state index contributed by atoms with van der Waals surface area (Å²) in [6.07, 6.45) is -0.101. The SMILES string of the molecule is CCOC(=O)c1cc([N+](=O)[O-])sc1NC(=O)Cc1ccc(S(=O)(=O)C(C)C)cc1. The number of carbonyl (C=O) groups is 2. The first kappa shape index (κ1) is 22.5. The number of hydrogen-bond donors (Lipinski definition) is 1. The Morgan fingerprint density at radius 2 is 1.86 bits per heavy atom. The highest BCUT2D eigenvalue weighted by Gasteiger charge is 2.24. The molecule has 2 aromatic rings. The van der Waals surface area contributed by atoms with Gasteiger partial charge >= 0.3 is 11.0 Å². The largest absolute Gasteiger partial charge is 0.462 e. The van der Waals surface area contributed by atoms with E-state index in [0.717, 1.165) is 6.07 Å².